The topological polar surface area (TPSA) is 51.0 Å². The quantitative estimate of drug-likeness (QED) is 0.865. The average molecular weight is 259 g/mol. The van der Waals surface area contributed by atoms with E-state index < -0.39 is 0 Å². The smallest absolute Gasteiger partial charge is 0.240 e. The summed E-state index contributed by atoms with van der Waals surface area (Å²) in [4.78, 5) is 4.40. The van der Waals surface area contributed by atoms with Gasteiger partial charge in [-0.3, -0.25) is 0 Å². The van der Waals surface area contributed by atoms with E-state index in [0.717, 1.165) is 18.4 Å². The van der Waals surface area contributed by atoms with Gasteiger partial charge in [0, 0.05) is 11.6 Å². The van der Waals surface area contributed by atoms with Gasteiger partial charge in [-0.1, -0.05) is 43.3 Å². The summed E-state index contributed by atoms with van der Waals surface area (Å²) in [6.45, 7) is 7.05. The first-order valence-electron chi connectivity index (χ1n) is 6.88. The van der Waals surface area contributed by atoms with Gasteiger partial charge in [-0.25, -0.2) is 0 Å². The minimum Gasteiger partial charge on any atom is -0.338 e. The second-order valence-electron chi connectivity index (χ2n) is 4.75. The van der Waals surface area contributed by atoms with Gasteiger partial charge in [0.1, 0.15) is 0 Å². The van der Waals surface area contributed by atoms with Gasteiger partial charge in [0.15, 0.2) is 0 Å². The first kappa shape index (κ1) is 13.7. The largest absolute Gasteiger partial charge is 0.338 e. The van der Waals surface area contributed by atoms with E-state index in [4.69, 9.17) is 4.52 Å². The van der Waals surface area contributed by atoms with Crippen molar-refractivity contribution in [3.63, 3.8) is 0 Å². The van der Waals surface area contributed by atoms with Crippen LogP contribution in [-0.2, 0) is 13.0 Å². The van der Waals surface area contributed by atoms with E-state index in [1.54, 1.807) is 0 Å². The molecule has 0 saturated heterocycles. The number of hydrogen-bond donors (Lipinski definition) is 1. The van der Waals surface area contributed by atoms with Crippen molar-refractivity contribution in [2.24, 2.45) is 0 Å². The van der Waals surface area contributed by atoms with E-state index >= 15 is 0 Å². The molecule has 0 aliphatic heterocycles. The predicted molar refractivity (Wildman–Crippen MR) is 75.7 cm³/mol. The molecule has 0 bridgehead atoms. The van der Waals surface area contributed by atoms with Gasteiger partial charge in [0.05, 0.1) is 6.54 Å². The second kappa shape index (κ2) is 6.48. The first-order chi connectivity index (χ1) is 9.22. The zero-order valence-corrected chi connectivity index (χ0v) is 11.8. The molecule has 0 spiro atoms. The molecule has 1 aromatic heterocycles. The minimum atomic E-state index is 0.458. The molecule has 1 aromatic carbocycles. The number of nitrogens with one attached hydrogen (secondary N) is 1. The molecule has 0 aliphatic rings. The number of nitrogens with zero attached hydrogens (tertiary/aromatic N) is 2. The van der Waals surface area contributed by atoms with Crippen molar-refractivity contribution >= 4 is 0 Å². The van der Waals surface area contributed by atoms with E-state index in [1.807, 2.05) is 12.1 Å². The van der Waals surface area contributed by atoms with Crippen molar-refractivity contribution in [2.45, 2.75) is 46.2 Å². The van der Waals surface area contributed by atoms with Crippen molar-refractivity contribution in [3.05, 3.63) is 35.7 Å². The van der Waals surface area contributed by atoms with Gasteiger partial charge in [-0.2, -0.15) is 4.98 Å². The summed E-state index contributed by atoms with van der Waals surface area (Å²) in [7, 11) is 0. The highest BCUT2D eigenvalue weighted by molar-refractivity contribution is 5.54. The number of aryl methyl sites for hydroxylation is 1. The molecule has 2 rings (SSSR count). The molecule has 0 radical (unpaired) electrons. The van der Waals surface area contributed by atoms with E-state index in [0.29, 0.717) is 24.3 Å². The molecular formula is C15H21N3O. The Morgan fingerprint density at radius 2 is 1.95 bits per heavy atom. The van der Waals surface area contributed by atoms with E-state index in [2.05, 4.69) is 48.4 Å². The van der Waals surface area contributed by atoms with Crippen LogP contribution in [0.25, 0.3) is 11.4 Å². The standard InChI is InChI=1S/C15H21N3O/c1-4-11(3)16-10-14-17-15(18-19-14)13-8-6-12(5-2)7-9-13/h6-9,11,16H,4-5,10H2,1-3H3. The molecule has 102 valence electrons. The number of rotatable bonds is 6. The van der Waals surface area contributed by atoms with Crippen LogP contribution in [0.5, 0.6) is 0 Å². The van der Waals surface area contributed by atoms with Gasteiger partial charge >= 0.3 is 0 Å². The van der Waals surface area contributed by atoms with Crippen LogP contribution in [-0.4, -0.2) is 16.2 Å². The number of aromatic nitrogens is 2. The number of hydrogen-bond acceptors (Lipinski definition) is 4. The number of benzene rings is 1. The maximum atomic E-state index is 5.25. The van der Waals surface area contributed by atoms with Crippen LogP contribution in [0.15, 0.2) is 28.8 Å². The second-order valence-corrected chi connectivity index (χ2v) is 4.75. The Morgan fingerprint density at radius 1 is 1.21 bits per heavy atom. The molecule has 2 aromatic rings. The van der Waals surface area contributed by atoms with Crippen molar-refractivity contribution < 1.29 is 4.52 Å². The van der Waals surface area contributed by atoms with Crippen LogP contribution in [0.1, 0.15) is 38.6 Å². The molecule has 0 saturated carbocycles. The third-order valence-corrected chi connectivity index (χ3v) is 3.30. The molecular weight excluding hydrogens is 238 g/mol. The van der Waals surface area contributed by atoms with E-state index in [1.165, 1.54) is 5.56 Å². The molecule has 1 heterocycles. The van der Waals surface area contributed by atoms with E-state index in [9.17, 15) is 0 Å². The van der Waals surface area contributed by atoms with Gasteiger partial charge in [-0.05, 0) is 25.3 Å². The monoisotopic (exact) mass is 259 g/mol. The van der Waals surface area contributed by atoms with Crippen molar-refractivity contribution in [3.8, 4) is 11.4 Å². The molecule has 0 fully saturated rings. The van der Waals surface area contributed by atoms with Crippen LogP contribution in [0.3, 0.4) is 0 Å². The molecule has 4 heteroatoms. The maximum absolute atomic E-state index is 5.25. The van der Waals surface area contributed by atoms with Crippen molar-refractivity contribution in [2.75, 3.05) is 0 Å². The zero-order valence-electron chi connectivity index (χ0n) is 11.8. The van der Waals surface area contributed by atoms with Gasteiger partial charge < -0.3 is 9.84 Å². The molecule has 1 unspecified atom stereocenters. The summed E-state index contributed by atoms with van der Waals surface area (Å²) in [5.74, 6) is 1.29. The third kappa shape index (κ3) is 3.64. The van der Waals surface area contributed by atoms with Gasteiger partial charge in [0.25, 0.3) is 0 Å². The van der Waals surface area contributed by atoms with Crippen molar-refractivity contribution in [1.29, 1.82) is 0 Å². The lowest BCUT2D eigenvalue weighted by atomic mass is 10.1. The van der Waals surface area contributed by atoms with Gasteiger partial charge in [0.2, 0.25) is 11.7 Å². The summed E-state index contributed by atoms with van der Waals surface area (Å²) in [6, 6.07) is 8.73. The first-order valence-corrected chi connectivity index (χ1v) is 6.88. The normalized spacial score (nSPS) is 12.6. The van der Waals surface area contributed by atoms with Crippen LogP contribution in [0, 0.1) is 0 Å². The Labute approximate surface area is 114 Å². The highest BCUT2D eigenvalue weighted by atomic mass is 16.5. The summed E-state index contributed by atoms with van der Waals surface area (Å²) in [5.41, 5.74) is 2.31. The van der Waals surface area contributed by atoms with Crippen LogP contribution < -0.4 is 5.32 Å². The summed E-state index contributed by atoms with van der Waals surface area (Å²) in [6.07, 6.45) is 2.12. The Morgan fingerprint density at radius 3 is 2.58 bits per heavy atom. The Balaban J connectivity index is 2.03. The highest BCUT2D eigenvalue weighted by Crippen LogP contribution is 2.16. The SMILES string of the molecule is CCc1ccc(-c2noc(CNC(C)CC)n2)cc1. The Hall–Kier alpha value is -1.68. The lowest BCUT2D eigenvalue weighted by molar-refractivity contribution is 0.358. The van der Waals surface area contributed by atoms with Crippen molar-refractivity contribution in [1.82, 2.24) is 15.5 Å². The molecule has 4 nitrogen and oxygen atoms in total. The zero-order chi connectivity index (χ0) is 13.7. The molecule has 1 N–H and O–H groups in total. The van der Waals surface area contributed by atoms with Crippen LogP contribution in [0.2, 0.25) is 0 Å². The lowest BCUT2D eigenvalue weighted by Gasteiger charge is -2.07. The minimum absolute atomic E-state index is 0.458. The molecule has 19 heavy (non-hydrogen) atoms. The molecule has 0 amide bonds. The molecule has 1 atom stereocenters. The lowest BCUT2D eigenvalue weighted by Crippen LogP contribution is -2.24. The van der Waals surface area contributed by atoms with Crippen LogP contribution >= 0.6 is 0 Å². The fourth-order valence-electron chi connectivity index (χ4n) is 1.74. The maximum Gasteiger partial charge on any atom is 0.240 e. The highest BCUT2D eigenvalue weighted by Gasteiger charge is 2.09. The fourth-order valence-corrected chi connectivity index (χ4v) is 1.74. The summed E-state index contributed by atoms with van der Waals surface area (Å²) in [5, 5.41) is 7.35. The van der Waals surface area contributed by atoms with Gasteiger partial charge in [-0.15, -0.1) is 0 Å². The van der Waals surface area contributed by atoms with E-state index in [-0.39, 0.29) is 0 Å². The summed E-state index contributed by atoms with van der Waals surface area (Å²) < 4.78 is 5.25. The van der Waals surface area contributed by atoms with Crippen LogP contribution in [0.4, 0.5) is 0 Å². The predicted octanol–water partition coefficient (Wildman–Crippen LogP) is 3.19. The third-order valence-electron chi connectivity index (χ3n) is 3.30. The average Bonchev–Trinajstić information content (AvgIpc) is 2.93. The Bertz CT molecular complexity index is 504. The summed E-state index contributed by atoms with van der Waals surface area (Å²) >= 11 is 0. The Kier molecular flexibility index (Phi) is 4.68. The fraction of sp³-hybridized carbons (Fsp3) is 0.467. The molecule has 0 aliphatic carbocycles.